The minimum atomic E-state index is -0.933. The Kier molecular flexibility index (Phi) is 4.59. The minimum Gasteiger partial charge on any atom is -0.306 e. The van der Waals surface area contributed by atoms with Crippen molar-refractivity contribution in [3.05, 3.63) is 46.6 Å². The SMILES string of the molecule is CC(C)(C)c1ccc(C(=O)Nc2c3c(nn2C(C)(C)C)CS(=O)C3)cc1. The summed E-state index contributed by atoms with van der Waals surface area (Å²) < 4.78 is 13.8. The number of amides is 1. The molecule has 5 nitrogen and oxygen atoms in total. The van der Waals surface area contributed by atoms with Crippen LogP contribution in [0.2, 0.25) is 0 Å². The number of aromatic nitrogens is 2. The first kappa shape index (κ1) is 18.8. The highest BCUT2D eigenvalue weighted by Crippen LogP contribution is 2.33. The molecule has 140 valence electrons. The van der Waals surface area contributed by atoms with Crippen LogP contribution in [0.15, 0.2) is 24.3 Å². The van der Waals surface area contributed by atoms with E-state index in [4.69, 9.17) is 0 Å². The lowest BCUT2D eigenvalue weighted by atomic mass is 9.87. The summed E-state index contributed by atoms with van der Waals surface area (Å²) in [5, 5.41) is 7.63. The Hall–Kier alpha value is -1.95. The summed E-state index contributed by atoms with van der Waals surface area (Å²) in [5.41, 5.74) is 3.29. The maximum Gasteiger partial charge on any atom is 0.256 e. The summed E-state index contributed by atoms with van der Waals surface area (Å²) in [6.07, 6.45) is 0. The molecule has 1 atom stereocenters. The zero-order valence-electron chi connectivity index (χ0n) is 16.3. The largest absolute Gasteiger partial charge is 0.306 e. The molecule has 3 rings (SSSR count). The molecule has 0 saturated carbocycles. The van der Waals surface area contributed by atoms with E-state index >= 15 is 0 Å². The van der Waals surface area contributed by atoms with Gasteiger partial charge in [0, 0.05) is 21.9 Å². The lowest BCUT2D eigenvalue weighted by molar-refractivity contribution is 0.102. The van der Waals surface area contributed by atoms with Gasteiger partial charge in [0.05, 0.1) is 22.7 Å². The second-order valence-electron chi connectivity index (χ2n) is 8.87. The smallest absolute Gasteiger partial charge is 0.256 e. The van der Waals surface area contributed by atoms with Gasteiger partial charge in [0.1, 0.15) is 5.82 Å². The van der Waals surface area contributed by atoms with Gasteiger partial charge < -0.3 is 5.32 Å². The van der Waals surface area contributed by atoms with Crippen LogP contribution >= 0.6 is 0 Å². The summed E-state index contributed by atoms with van der Waals surface area (Å²) in [5.74, 6) is 1.41. The van der Waals surface area contributed by atoms with Gasteiger partial charge in [-0.15, -0.1) is 0 Å². The third-order valence-corrected chi connectivity index (χ3v) is 5.76. The van der Waals surface area contributed by atoms with Crippen molar-refractivity contribution < 1.29 is 9.00 Å². The van der Waals surface area contributed by atoms with E-state index < -0.39 is 10.8 Å². The molecule has 0 radical (unpaired) electrons. The van der Waals surface area contributed by atoms with Gasteiger partial charge in [0.15, 0.2) is 0 Å². The van der Waals surface area contributed by atoms with Crippen LogP contribution in [0, 0.1) is 0 Å². The van der Waals surface area contributed by atoms with Crippen molar-refractivity contribution in [3.8, 4) is 0 Å². The van der Waals surface area contributed by atoms with Crippen LogP contribution in [0.1, 0.15) is 68.7 Å². The van der Waals surface area contributed by atoms with Crippen molar-refractivity contribution in [1.29, 1.82) is 0 Å². The second kappa shape index (κ2) is 6.34. The van der Waals surface area contributed by atoms with Gasteiger partial charge in [-0.25, -0.2) is 4.68 Å². The summed E-state index contributed by atoms with van der Waals surface area (Å²) in [7, 11) is -0.933. The molecular formula is C20H27N3O2S. The minimum absolute atomic E-state index is 0.0464. The fraction of sp³-hybridized carbons (Fsp3) is 0.500. The molecule has 0 aliphatic carbocycles. The summed E-state index contributed by atoms with van der Waals surface area (Å²) >= 11 is 0. The van der Waals surface area contributed by atoms with Crippen molar-refractivity contribution >= 4 is 22.5 Å². The molecule has 0 saturated heterocycles. The predicted molar refractivity (Wildman–Crippen MR) is 106 cm³/mol. The van der Waals surface area contributed by atoms with E-state index in [1.807, 2.05) is 49.7 Å². The van der Waals surface area contributed by atoms with Gasteiger partial charge in [-0.05, 0) is 43.9 Å². The summed E-state index contributed by atoms with van der Waals surface area (Å²) in [4.78, 5) is 12.8. The quantitative estimate of drug-likeness (QED) is 0.867. The van der Waals surface area contributed by atoms with E-state index in [0.717, 1.165) is 11.3 Å². The van der Waals surface area contributed by atoms with Gasteiger partial charge >= 0.3 is 0 Å². The van der Waals surface area contributed by atoms with Crippen LogP contribution in [-0.2, 0) is 33.3 Å². The zero-order valence-corrected chi connectivity index (χ0v) is 17.2. The second-order valence-corrected chi connectivity index (χ2v) is 10.3. The van der Waals surface area contributed by atoms with Crippen molar-refractivity contribution in [2.75, 3.05) is 5.32 Å². The van der Waals surface area contributed by atoms with Crippen LogP contribution < -0.4 is 5.32 Å². The zero-order chi connectivity index (χ0) is 19.3. The number of nitrogens with zero attached hydrogens (tertiary/aromatic N) is 2. The van der Waals surface area contributed by atoms with Gasteiger partial charge in [-0.1, -0.05) is 32.9 Å². The molecule has 1 amide bonds. The van der Waals surface area contributed by atoms with E-state index in [1.54, 1.807) is 0 Å². The number of hydrogen-bond acceptors (Lipinski definition) is 3. The van der Waals surface area contributed by atoms with E-state index in [9.17, 15) is 9.00 Å². The Bertz CT molecular complexity index is 868. The Morgan fingerprint density at radius 2 is 1.69 bits per heavy atom. The predicted octanol–water partition coefficient (Wildman–Crippen LogP) is 3.95. The molecule has 1 N–H and O–H groups in total. The molecule has 1 aliphatic heterocycles. The molecule has 0 spiro atoms. The normalized spacial score (nSPS) is 17.2. The van der Waals surface area contributed by atoms with Crippen LogP contribution in [0.4, 0.5) is 5.82 Å². The van der Waals surface area contributed by atoms with Crippen molar-refractivity contribution in [1.82, 2.24) is 9.78 Å². The average Bonchev–Trinajstić information content (AvgIpc) is 3.03. The first-order chi connectivity index (χ1) is 12.0. The first-order valence-corrected chi connectivity index (χ1v) is 10.3. The number of hydrogen-bond donors (Lipinski definition) is 1. The van der Waals surface area contributed by atoms with E-state index in [0.29, 0.717) is 22.9 Å². The highest BCUT2D eigenvalue weighted by molar-refractivity contribution is 7.83. The molecule has 1 aromatic carbocycles. The van der Waals surface area contributed by atoms with Gasteiger partial charge in [0.2, 0.25) is 0 Å². The lowest BCUT2D eigenvalue weighted by Gasteiger charge is -2.23. The molecular weight excluding hydrogens is 346 g/mol. The number of anilines is 1. The molecule has 1 unspecified atom stereocenters. The van der Waals surface area contributed by atoms with E-state index in [1.165, 1.54) is 5.56 Å². The number of carbonyl (C=O) groups is 1. The lowest BCUT2D eigenvalue weighted by Crippen LogP contribution is -2.27. The highest BCUT2D eigenvalue weighted by atomic mass is 32.2. The third-order valence-electron chi connectivity index (χ3n) is 4.55. The number of nitrogens with one attached hydrogen (secondary N) is 1. The van der Waals surface area contributed by atoms with Crippen LogP contribution in [0.25, 0.3) is 0 Å². The number of benzene rings is 1. The Morgan fingerprint density at radius 1 is 1.08 bits per heavy atom. The fourth-order valence-corrected chi connectivity index (χ4v) is 4.31. The molecule has 0 fully saturated rings. The van der Waals surface area contributed by atoms with Gasteiger partial charge in [-0.2, -0.15) is 5.10 Å². The molecule has 6 heteroatoms. The summed E-state index contributed by atoms with van der Waals surface area (Å²) in [6, 6.07) is 7.70. The molecule has 2 aromatic rings. The topological polar surface area (TPSA) is 64.0 Å². The van der Waals surface area contributed by atoms with Gasteiger partial charge in [-0.3, -0.25) is 9.00 Å². The molecule has 1 aliphatic rings. The highest BCUT2D eigenvalue weighted by Gasteiger charge is 2.31. The van der Waals surface area contributed by atoms with Crippen LogP contribution in [0.5, 0.6) is 0 Å². The van der Waals surface area contributed by atoms with Crippen molar-refractivity contribution in [3.63, 3.8) is 0 Å². The number of fused-ring (bicyclic) bond motifs is 1. The molecule has 2 heterocycles. The standard InChI is InChI=1S/C20H27N3O2S/c1-19(2,3)14-9-7-13(8-10-14)18(24)21-17-15-11-26(25)12-16(15)22-23(17)20(4,5)6/h7-10H,11-12H2,1-6H3,(H,21,24). The Labute approximate surface area is 157 Å². The monoisotopic (exact) mass is 373 g/mol. The maximum atomic E-state index is 12.8. The molecule has 0 bridgehead atoms. The molecule has 1 aromatic heterocycles. The maximum absolute atomic E-state index is 12.8. The summed E-state index contributed by atoms with van der Waals surface area (Å²) in [6.45, 7) is 12.6. The van der Waals surface area contributed by atoms with Gasteiger partial charge in [0.25, 0.3) is 5.91 Å². The van der Waals surface area contributed by atoms with Crippen molar-refractivity contribution in [2.45, 2.75) is 64.0 Å². The number of carbonyl (C=O) groups excluding carboxylic acids is 1. The first-order valence-electron chi connectivity index (χ1n) is 8.85. The number of rotatable bonds is 2. The Morgan fingerprint density at radius 3 is 2.23 bits per heavy atom. The van der Waals surface area contributed by atoms with E-state index in [-0.39, 0.29) is 16.9 Å². The van der Waals surface area contributed by atoms with Crippen molar-refractivity contribution in [2.24, 2.45) is 0 Å². The van der Waals surface area contributed by atoms with E-state index in [2.05, 4.69) is 31.2 Å². The Balaban J connectivity index is 1.91. The van der Waals surface area contributed by atoms with Crippen LogP contribution in [-0.4, -0.2) is 19.9 Å². The third kappa shape index (κ3) is 3.61. The fourth-order valence-electron chi connectivity index (χ4n) is 3.04. The van der Waals surface area contributed by atoms with Crippen LogP contribution in [0.3, 0.4) is 0 Å². The molecule has 26 heavy (non-hydrogen) atoms. The average molecular weight is 374 g/mol.